The van der Waals surface area contributed by atoms with Crippen LogP contribution in [-0.4, -0.2) is 64.2 Å². The van der Waals surface area contributed by atoms with E-state index < -0.39 is 23.9 Å². The Morgan fingerprint density at radius 2 is 1.61 bits per heavy atom. The first-order valence-corrected chi connectivity index (χ1v) is 8.68. The van der Waals surface area contributed by atoms with Crippen molar-refractivity contribution in [2.75, 3.05) is 27.4 Å². The lowest BCUT2D eigenvalue weighted by atomic mass is 9.76. The van der Waals surface area contributed by atoms with Crippen molar-refractivity contribution in [3.8, 4) is 23.0 Å². The first-order valence-electron chi connectivity index (χ1n) is 8.68. The zero-order valence-electron chi connectivity index (χ0n) is 15.6. The molecule has 3 atom stereocenters. The summed E-state index contributed by atoms with van der Waals surface area (Å²) in [4.78, 5) is 0. The molecule has 3 unspecified atom stereocenters. The molecule has 0 saturated carbocycles. The van der Waals surface area contributed by atoms with E-state index in [1.54, 1.807) is 12.1 Å². The van der Waals surface area contributed by atoms with Gasteiger partial charge in [-0.2, -0.15) is 0 Å². The van der Waals surface area contributed by atoms with E-state index >= 15 is 0 Å². The highest BCUT2D eigenvalue weighted by molar-refractivity contribution is 5.45. The van der Waals surface area contributed by atoms with E-state index in [0.717, 1.165) is 0 Å². The Morgan fingerprint density at radius 1 is 1.00 bits per heavy atom. The minimum atomic E-state index is -2.01. The van der Waals surface area contributed by atoms with Gasteiger partial charge in [0, 0.05) is 6.42 Å². The van der Waals surface area contributed by atoms with Crippen molar-refractivity contribution in [3.63, 3.8) is 0 Å². The second kappa shape index (κ2) is 7.48. The summed E-state index contributed by atoms with van der Waals surface area (Å²) in [5, 5.41) is 51.9. The largest absolute Gasteiger partial charge is 0.504 e. The Kier molecular flexibility index (Phi) is 5.40. The first-order chi connectivity index (χ1) is 13.3. The van der Waals surface area contributed by atoms with Crippen LogP contribution in [0.25, 0.3) is 0 Å². The Balaban J connectivity index is 1.94. The van der Waals surface area contributed by atoms with Crippen LogP contribution in [0.5, 0.6) is 23.0 Å². The van der Waals surface area contributed by atoms with Crippen LogP contribution >= 0.6 is 0 Å². The molecule has 1 aliphatic heterocycles. The molecule has 1 saturated heterocycles. The van der Waals surface area contributed by atoms with Gasteiger partial charge < -0.3 is 39.7 Å². The van der Waals surface area contributed by atoms with Crippen LogP contribution in [0.3, 0.4) is 0 Å². The fraction of sp³-hybridized carbons (Fsp3) is 0.400. The zero-order chi connectivity index (χ0) is 20.5. The van der Waals surface area contributed by atoms with Gasteiger partial charge in [0.2, 0.25) is 0 Å². The smallest absolute Gasteiger partial charge is 0.160 e. The molecule has 1 aliphatic rings. The third-order valence-corrected chi connectivity index (χ3v) is 5.22. The summed E-state index contributed by atoms with van der Waals surface area (Å²) in [5.41, 5.74) is -2.80. The van der Waals surface area contributed by atoms with Gasteiger partial charge in [0.1, 0.15) is 17.3 Å². The predicted molar refractivity (Wildman–Crippen MR) is 98.7 cm³/mol. The van der Waals surface area contributed by atoms with E-state index in [4.69, 9.17) is 14.2 Å². The third kappa shape index (κ3) is 3.24. The summed E-state index contributed by atoms with van der Waals surface area (Å²) >= 11 is 0. The molecule has 0 spiro atoms. The molecule has 0 amide bonds. The van der Waals surface area contributed by atoms with Crippen molar-refractivity contribution in [3.05, 3.63) is 47.5 Å². The number of ether oxygens (including phenoxy) is 3. The fourth-order valence-electron chi connectivity index (χ4n) is 3.56. The van der Waals surface area contributed by atoms with E-state index in [-0.39, 0.29) is 36.0 Å². The van der Waals surface area contributed by atoms with Gasteiger partial charge in [0.25, 0.3) is 0 Å². The lowest BCUT2D eigenvalue weighted by molar-refractivity contribution is -0.158. The van der Waals surface area contributed by atoms with Gasteiger partial charge in [-0.25, -0.2) is 0 Å². The van der Waals surface area contributed by atoms with Crippen molar-refractivity contribution in [2.24, 2.45) is 0 Å². The van der Waals surface area contributed by atoms with Crippen molar-refractivity contribution in [2.45, 2.75) is 23.7 Å². The molecule has 0 aliphatic carbocycles. The maximum absolute atomic E-state index is 11.2. The Bertz CT molecular complexity index is 854. The second-order valence-corrected chi connectivity index (χ2v) is 6.92. The molecule has 1 fully saturated rings. The van der Waals surface area contributed by atoms with Crippen LogP contribution in [0.2, 0.25) is 0 Å². The normalized spacial score (nSPS) is 27.0. The molecule has 2 aromatic rings. The van der Waals surface area contributed by atoms with E-state index in [0.29, 0.717) is 11.1 Å². The zero-order valence-corrected chi connectivity index (χ0v) is 15.6. The van der Waals surface area contributed by atoms with E-state index in [9.17, 15) is 25.5 Å². The van der Waals surface area contributed by atoms with Crippen molar-refractivity contribution in [1.29, 1.82) is 0 Å². The average Bonchev–Trinajstić information content (AvgIpc) is 2.95. The van der Waals surface area contributed by atoms with Crippen molar-refractivity contribution >= 4 is 0 Å². The number of hydrogen-bond acceptors (Lipinski definition) is 8. The summed E-state index contributed by atoms with van der Waals surface area (Å²) in [5.74, 6) is 0.281. The monoisotopic (exact) mass is 392 g/mol. The molecular formula is C20H24O8. The Hall–Kier alpha value is -2.52. The highest BCUT2D eigenvalue weighted by Crippen LogP contribution is 2.47. The lowest BCUT2D eigenvalue weighted by Gasteiger charge is -2.38. The maximum atomic E-state index is 11.2. The quantitative estimate of drug-likeness (QED) is 0.490. The van der Waals surface area contributed by atoms with E-state index in [2.05, 4.69) is 0 Å². The van der Waals surface area contributed by atoms with Gasteiger partial charge in [-0.05, 0) is 35.4 Å². The summed E-state index contributed by atoms with van der Waals surface area (Å²) in [6.07, 6.45) is -1.09. The van der Waals surface area contributed by atoms with Crippen LogP contribution in [0.15, 0.2) is 36.4 Å². The van der Waals surface area contributed by atoms with Gasteiger partial charge in [-0.1, -0.05) is 12.1 Å². The Morgan fingerprint density at radius 3 is 2.21 bits per heavy atom. The van der Waals surface area contributed by atoms with E-state index in [1.807, 2.05) is 0 Å². The highest BCUT2D eigenvalue weighted by Gasteiger charge is 2.60. The minimum Gasteiger partial charge on any atom is -0.504 e. The van der Waals surface area contributed by atoms with Crippen LogP contribution in [0.4, 0.5) is 0 Å². The number of methoxy groups -OCH3 is 2. The van der Waals surface area contributed by atoms with Gasteiger partial charge in [-0.3, -0.25) is 0 Å². The van der Waals surface area contributed by atoms with Crippen LogP contribution in [-0.2, 0) is 11.2 Å². The first kappa shape index (κ1) is 20.2. The minimum absolute atomic E-state index is 0.0487. The topological polar surface area (TPSA) is 129 Å². The predicted octanol–water partition coefficient (Wildman–Crippen LogP) is 0.883. The molecule has 8 nitrogen and oxygen atoms in total. The summed E-state index contributed by atoms with van der Waals surface area (Å²) < 4.78 is 15.8. The molecular weight excluding hydrogens is 368 g/mol. The standard InChI is InChI=1S/C20H24O8/c1-26-16-7-12(3-5-14(16)22)9-19(24)11-28-18(20(19,25)10-21)13-4-6-15(23)17(8-13)27-2/h3-8,18,21-25H,9-11H2,1-2H3. The molecule has 5 N–H and O–H groups in total. The number of aromatic hydroxyl groups is 2. The molecule has 152 valence electrons. The fourth-order valence-corrected chi connectivity index (χ4v) is 3.56. The SMILES string of the molecule is COc1cc(CC2(O)COC(c3ccc(O)c(OC)c3)C2(O)CO)ccc1O. The molecule has 1 heterocycles. The Labute approximate surface area is 162 Å². The summed E-state index contributed by atoms with van der Waals surface area (Å²) in [6.45, 7) is -0.992. The number of aliphatic hydroxyl groups is 3. The van der Waals surface area contributed by atoms with Crippen molar-refractivity contribution in [1.82, 2.24) is 0 Å². The van der Waals surface area contributed by atoms with Gasteiger partial charge >= 0.3 is 0 Å². The lowest BCUT2D eigenvalue weighted by Crippen LogP contribution is -2.58. The van der Waals surface area contributed by atoms with E-state index in [1.165, 1.54) is 38.5 Å². The average molecular weight is 392 g/mol. The van der Waals surface area contributed by atoms with Crippen molar-refractivity contribution < 1.29 is 39.7 Å². The van der Waals surface area contributed by atoms with Gasteiger partial charge in [0.05, 0.1) is 27.4 Å². The molecule has 28 heavy (non-hydrogen) atoms. The van der Waals surface area contributed by atoms with Crippen LogP contribution in [0.1, 0.15) is 17.2 Å². The third-order valence-electron chi connectivity index (χ3n) is 5.22. The van der Waals surface area contributed by atoms with Crippen LogP contribution < -0.4 is 9.47 Å². The maximum Gasteiger partial charge on any atom is 0.160 e. The molecule has 8 heteroatoms. The molecule has 0 radical (unpaired) electrons. The van der Waals surface area contributed by atoms with Gasteiger partial charge in [-0.15, -0.1) is 0 Å². The van der Waals surface area contributed by atoms with Crippen LogP contribution in [0, 0.1) is 0 Å². The van der Waals surface area contributed by atoms with Gasteiger partial charge in [0.15, 0.2) is 23.0 Å². The highest BCUT2D eigenvalue weighted by atomic mass is 16.5. The number of phenolic OH excluding ortho intramolecular Hbond substituents is 2. The number of benzene rings is 2. The molecule has 2 aromatic carbocycles. The molecule has 3 rings (SSSR count). The number of rotatable bonds is 6. The number of aliphatic hydroxyl groups excluding tert-OH is 1. The number of phenols is 2. The number of hydrogen-bond donors (Lipinski definition) is 5. The second-order valence-electron chi connectivity index (χ2n) is 6.92. The summed E-state index contributed by atoms with van der Waals surface area (Å²) in [7, 11) is 2.80. The molecule has 0 bridgehead atoms. The molecule has 0 aromatic heterocycles. The summed E-state index contributed by atoms with van der Waals surface area (Å²) in [6, 6.07) is 8.95.